The molecule has 3 atom stereocenters. The fourth-order valence-corrected chi connectivity index (χ4v) is 3.83. The van der Waals surface area contributed by atoms with E-state index in [1.165, 1.54) is 0 Å². The van der Waals surface area contributed by atoms with Gasteiger partial charge in [0.1, 0.15) is 0 Å². The largest absolute Gasteiger partial charge is 0.393 e. The molecule has 2 fully saturated rings. The van der Waals surface area contributed by atoms with Crippen molar-refractivity contribution in [3.05, 3.63) is 0 Å². The highest BCUT2D eigenvalue weighted by Crippen LogP contribution is 2.38. The zero-order chi connectivity index (χ0) is 15.5. The summed E-state index contributed by atoms with van der Waals surface area (Å²) in [6.07, 6.45) is 1.62. The first kappa shape index (κ1) is 17.1. The van der Waals surface area contributed by atoms with Gasteiger partial charge in [-0.3, -0.25) is 0 Å². The van der Waals surface area contributed by atoms with Crippen molar-refractivity contribution < 1.29 is 13.2 Å². The second-order valence-electron chi connectivity index (χ2n) is 6.96. The van der Waals surface area contributed by atoms with Crippen LogP contribution in [-0.2, 0) is 0 Å². The molecule has 5 heteroatoms. The molecule has 1 saturated carbocycles. The van der Waals surface area contributed by atoms with Crippen molar-refractivity contribution in [1.82, 2.24) is 10.2 Å². The van der Waals surface area contributed by atoms with Crippen molar-refractivity contribution in [2.45, 2.75) is 83.1 Å². The Morgan fingerprint density at radius 2 is 1.67 bits per heavy atom. The minimum atomic E-state index is -4.05. The molecule has 0 radical (unpaired) electrons. The molecule has 0 bridgehead atoms. The molecule has 0 spiro atoms. The van der Waals surface area contributed by atoms with Crippen molar-refractivity contribution >= 4 is 0 Å². The molecule has 1 aliphatic heterocycles. The number of nitrogens with one attached hydrogen (secondary N) is 1. The van der Waals surface area contributed by atoms with E-state index in [0.717, 1.165) is 38.8 Å². The molecule has 3 unspecified atom stereocenters. The summed E-state index contributed by atoms with van der Waals surface area (Å²) in [5, 5.41) is 3.37. The summed E-state index contributed by atoms with van der Waals surface area (Å²) in [7, 11) is 0. The van der Waals surface area contributed by atoms with Crippen LogP contribution in [0, 0.1) is 5.92 Å². The Bertz CT molecular complexity index is 317. The summed E-state index contributed by atoms with van der Waals surface area (Å²) in [5.74, 6) is -1.14. The van der Waals surface area contributed by atoms with E-state index in [0.29, 0.717) is 25.3 Å². The van der Waals surface area contributed by atoms with E-state index in [4.69, 9.17) is 0 Å². The second kappa shape index (κ2) is 7.32. The molecule has 1 heterocycles. The normalized spacial score (nSPS) is 33.1. The number of likely N-dealkylation sites (tertiary alicyclic amines) is 1. The molecule has 2 rings (SSSR count). The Hall–Kier alpha value is -0.290. The van der Waals surface area contributed by atoms with E-state index >= 15 is 0 Å². The van der Waals surface area contributed by atoms with E-state index in [1.807, 2.05) is 0 Å². The minimum absolute atomic E-state index is 0.252. The van der Waals surface area contributed by atoms with Crippen LogP contribution in [0.3, 0.4) is 0 Å². The van der Waals surface area contributed by atoms with E-state index in [-0.39, 0.29) is 12.1 Å². The van der Waals surface area contributed by atoms with Crippen molar-refractivity contribution in [2.75, 3.05) is 13.1 Å². The third kappa shape index (κ3) is 4.85. The van der Waals surface area contributed by atoms with Crippen molar-refractivity contribution in [3.8, 4) is 0 Å². The Kier molecular flexibility index (Phi) is 5.95. The molecule has 2 aliphatic rings. The van der Waals surface area contributed by atoms with Gasteiger partial charge in [-0.2, -0.15) is 13.2 Å². The molecule has 124 valence electrons. The maximum Gasteiger partial charge on any atom is 0.393 e. The van der Waals surface area contributed by atoms with Gasteiger partial charge in [-0.15, -0.1) is 0 Å². The Labute approximate surface area is 126 Å². The summed E-state index contributed by atoms with van der Waals surface area (Å²) >= 11 is 0. The minimum Gasteiger partial charge on any atom is -0.311 e. The molecule has 0 aromatic heterocycles. The zero-order valence-corrected chi connectivity index (χ0v) is 13.3. The maximum absolute atomic E-state index is 13.1. The van der Waals surface area contributed by atoms with Crippen LogP contribution in [0.2, 0.25) is 0 Å². The van der Waals surface area contributed by atoms with Gasteiger partial charge >= 0.3 is 6.18 Å². The Balaban J connectivity index is 1.90. The highest BCUT2D eigenvalue weighted by atomic mass is 19.4. The van der Waals surface area contributed by atoms with Gasteiger partial charge in [0.2, 0.25) is 0 Å². The molecular formula is C16H29F3N2. The van der Waals surface area contributed by atoms with Gasteiger partial charge in [0.15, 0.2) is 0 Å². The fraction of sp³-hybridized carbons (Fsp3) is 1.00. The van der Waals surface area contributed by atoms with Gasteiger partial charge in [0.05, 0.1) is 5.92 Å². The predicted molar refractivity (Wildman–Crippen MR) is 79.3 cm³/mol. The van der Waals surface area contributed by atoms with E-state index < -0.39 is 12.1 Å². The number of rotatable bonds is 3. The van der Waals surface area contributed by atoms with Crippen LogP contribution in [0.25, 0.3) is 0 Å². The highest BCUT2D eigenvalue weighted by molar-refractivity contribution is 4.89. The highest BCUT2D eigenvalue weighted by Gasteiger charge is 2.45. The van der Waals surface area contributed by atoms with Crippen LogP contribution in [0.1, 0.15) is 58.8 Å². The SMILES string of the molecule is CC(C)N1CCCC(NC2CCCCC2C(F)(F)F)CC1. The molecule has 0 aromatic carbocycles. The summed E-state index contributed by atoms with van der Waals surface area (Å²) in [6.45, 7) is 6.45. The van der Waals surface area contributed by atoms with E-state index in [9.17, 15) is 13.2 Å². The van der Waals surface area contributed by atoms with Crippen LogP contribution in [0.5, 0.6) is 0 Å². The molecular weight excluding hydrogens is 277 g/mol. The fourth-order valence-electron chi connectivity index (χ4n) is 3.83. The van der Waals surface area contributed by atoms with Gasteiger partial charge in [-0.05, 0) is 59.0 Å². The lowest BCUT2D eigenvalue weighted by Gasteiger charge is -2.36. The summed E-state index contributed by atoms with van der Waals surface area (Å²) in [5.41, 5.74) is 0. The first-order valence-electron chi connectivity index (χ1n) is 8.44. The van der Waals surface area contributed by atoms with Gasteiger partial charge in [-0.25, -0.2) is 0 Å². The lowest BCUT2D eigenvalue weighted by Crippen LogP contribution is -2.49. The average molecular weight is 306 g/mol. The van der Waals surface area contributed by atoms with Crippen LogP contribution >= 0.6 is 0 Å². The number of alkyl halides is 3. The Morgan fingerprint density at radius 1 is 0.952 bits per heavy atom. The second-order valence-corrected chi connectivity index (χ2v) is 6.96. The topological polar surface area (TPSA) is 15.3 Å². The molecule has 1 aliphatic carbocycles. The molecule has 1 N–H and O–H groups in total. The third-order valence-electron chi connectivity index (χ3n) is 5.13. The van der Waals surface area contributed by atoms with Crippen molar-refractivity contribution in [1.29, 1.82) is 0 Å². The predicted octanol–water partition coefficient (Wildman–Crippen LogP) is 3.96. The molecule has 0 amide bonds. The van der Waals surface area contributed by atoms with Gasteiger partial charge in [0, 0.05) is 18.1 Å². The number of hydrogen-bond acceptors (Lipinski definition) is 2. The van der Waals surface area contributed by atoms with E-state index in [1.54, 1.807) is 0 Å². The molecule has 2 nitrogen and oxygen atoms in total. The standard InChI is InChI=1S/C16H29F3N2/c1-12(2)21-10-5-6-13(9-11-21)20-15-8-4-3-7-14(15)16(17,18)19/h12-15,20H,3-11H2,1-2H3. The maximum atomic E-state index is 13.1. The lowest BCUT2D eigenvalue weighted by molar-refractivity contribution is -0.189. The van der Waals surface area contributed by atoms with E-state index in [2.05, 4.69) is 24.1 Å². The molecule has 0 aromatic rings. The van der Waals surface area contributed by atoms with Gasteiger partial charge in [-0.1, -0.05) is 12.8 Å². The van der Waals surface area contributed by atoms with Gasteiger partial charge in [0.25, 0.3) is 0 Å². The number of halogens is 3. The summed E-state index contributed by atoms with van der Waals surface area (Å²) in [4.78, 5) is 2.43. The average Bonchev–Trinajstić information content (AvgIpc) is 2.64. The van der Waals surface area contributed by atoms with Gasteiger partial charge < -0.3 is 10.2 Å². The quantitative estimate of drug-likeness (QED) is 0.849. The van der Waals surface area contributed by atoms with Crippen molar-refractivity contribution in [3.63, 3.8) is 0 Å². The number of hydrogen-bond donors (Lipinski definition) is 1. The lowest BCUT2D eigenvalue weighted by atomic mass is 9.83. The smallest absolute Gasteiger partial charge is 0.311 e. The van der Waals surface area contributed by atoms with Crippen LogP contribution in [0.4, 0.5) is 13.2 Å². The summed E-state index contributed by atoms with van der Waals surface area (Å²) in [6, 6.07) is 0.414. The zero-order valence-electron chi connectivity index (χ0n) is 13.3. The Morgan fingerprint density at radius 3 is 2.33 bits per heavy atom. The third-order valence-corrected chi connectivity index (χ3v) is 5.13. The number of nitrogens with zero attached hydrogens (tertiary/aromatic N) is 1. The van der Waals surface area contributed by atoms with Crippen LogP contribution < -0.4 is 5.32 Å². The van der Waals surface area contributed by atoms with Crippen LogP contribution in [-0.4, -0.2) is 42.3 Å². The first-order chi connectivity index (χ1) is 9.88. The monoisotopic (exact) mass is 306 g/mol. The first-order valence-corrected chi connectivity index (χ1v) is 8.44. The van der Waals surface area contributed by atoms with Crippen LogP contribution in [0.15, 0.2) is 0 Å². The summed E-state index contributed by atoms with van der Waals surface area (Å²) < 4.78 is 39.4. The van der Waals surface area contributed by atoms with Crippen molar-refractivity contribution in [2.24, 2.45) is 5.92 Å². The molecule has 1 saturated heterocycles. The molecule has 21 heavy (non-hydrogen) atoms.